The van der Waals surface area contributed by atoms with E-state index in [9.17, 15) is 4.79 Å². The first kappa shape index (κ1) is 20.5. The molecule has 1 aliphatic carbocycles. The van der Waals surface area contributed by atoms with Crippen LogP contribution in [0.1, 0.15) is 74.8 Å². The summed E-state index contributed by atoms with van der Waals surface area (Å²) in [4.78, 5) is 12.3. The van der Waals surface area contributed by atoms with Gasteiger partial charge in [-0.1, -0.05) is 26.2 Å². The van der Waals surface area contributed by atoms with Crippen LogP contribution in [0.25, 0.3) is 16.5 Å². The van der Waals surface area contributed by atoms with Crippen molar-refractivity contribution in [2.75, 3.05) is 13.7 Å². The zero-order valence-corrected chi connectivity index (χ0v) is 17.7. The third kappa shape index (κ3) is 4.26. The van der Waals surface area contributed by atoms with Crippen LogP contribution in [0, 0.1) is 6.92 Å². The molecular weight excluding hydrogens is 350 g/mol. The summed E-state index contributed by atoms with van der Waals surface area (Å²) in [5, 5.41) is 4.18. The average Bonchev–Trinajstić information content (AvgIpc) is 3.07. The number of furan rings is 1. The van der Waals surface area contributed by atoms with Gasteiger partial charge in [-0.3, -0.25) is 4.79 Å². The first-order chi connectivity index (χ1) is 13.6. The number of hydrogen-bond donors (Lipinski definition) is 1. The number of unbranched alkanes of at least 4 members (excludes halogenated alkanes) is 3. The van der Waals surface area contributed by atoms with E-state index in [1.165, 1.54) is 36.6 Å². The van der Waals surface area contributed by atoms with E-state index in [0.717, 1.165) is 66.0 Å². The van der Waals surface area contributed by atoms with Crippen molar-refractivity contribution in [3.63, 3.8) is 0 Å². The average molecular weight is 384 g/mol. The van der Waals surface area contributed by atoms with Crippen molar-refractivity contribution in [2.45, 2.75) is 72.1 Å². The number of ether oxygens (including phenoxy) is 1. The van der Waals surface area contributed by atoms with Gasteiger partial charge in [0.25, 0.3) is 0 Å². The lowest BCUT2D eigenvalue weighted by atomic mass is 9.93. The van der Waals surface area contributed by atoms with Gasteiger partial charge in [-0.2, -0.15) is 0 Å². The van der Waals surface area contributed by atoms with E-state index in [-0.39, 0.29) is 5.91 Å². The number of allylic oxidation sites excluding steroid dienone is 1. The maximum absolute atomic E-state index is 12.3. The second-order valence-electron chi connectivity index (χ2n) is 7.85. The first-order valence-corrected chi connectivity index (χ1v) is 10.6. The number of aryl methyl sites for hydroxylation is 3. The van der Waals surface area contributed by atoms with Gasteiger partial charge < -0.3 is 14.5 Å². The van der Waals surface area contributed by atoms with Crippen LogP contribution in [0.5, 0.6) is 5.75 Å². The Morgan fingerprint density at radius 2 is 2.04 bits per heavy atom. The van der Waals surface area contributed by atoms with E-state index >= 15 is 0 Å². The molecule has 0 bridgehead atoms. The molecule has 1 N–H and O–H groups in total. The van der Waals surface area contributed by atoms with Gasteiger partial charge in [-0.05, 0) is 51.2 Å². The normalized spacial score (nSPS) is 14.2. The lowest BCUT2D eigenvalue weighted by molar-refractivity contribution is -0.116. The molecule has 1 amide bonds. The Balaban J connectivity index is 1.87. The number of hydrogen-bond acceptors (Lipinski definition) is 3. The summed E-state index contributed by atoms with van der Waals surface area (Å²) >= 11 is 0. The number of nitrogens with one attached hydrogen (secondary N) is 1. The Kier molecular flexibility index (Phi) is 6.82. The summed E-state index contributed by atoms with van der Waals surface area (Å²) < 4.78 is 11.9. The van der Waals surface area contributed by atoms with E-state index in [4.69, 9.17) is 9.15 Å². The molecular formula is C24H33NO3. The van der Waals surface area contributed by atoms with Gasteiger partial charge in [0.05, 0.1) is 7.11 Å². The smallest absolute Gasteiger partial charge is 0.244 e. The van der Waals surface area contributed by atoms with Gasteiger partial charge in [-0.25, -0.2) is 0 Å². The quantitative estimate of drug-likeness (QED) is 0.468. The highest BCUT2D eigenvalue weighted by Gasteiger charge is 2.23. The molecule has 1 aromatic carbocycles. The minimum absolute atomic E-state index is 0.0389. The van der Waals surface area contributed by atoms with E-state index in [2.05, 4.69) is 18.3 Å². The zero-order chi connectivity index (χ0) is 20.1. The van der Waals surface area contributed by atoms with Crippen LogP contribution >= 0.6 is 0 Å². The van der Waals surface area contributed by atoms with Crippen molar-refractivity contribution in [3.8, 4) is 5.75 Å². The molecule has 2 aromatic rings. The number of benzene rings is 1. The van der Waals surface area contributed by atoms with Gasteiger partial charge in [0.1, 0.15) is 17.1 Å². The fourth-order valence-corrected chi connectivity index (χ4v) is 4.18. The van der Waals surface area contributed by atoms with Gasteiger partial charge in [0, 0.05) is 41.1 Å². The fourth-order valence-electron chi connectivity index (χ4n) is 4.18. The largest absolute Gasteiger partial charge is 0.496 e. The fraction of sp³-hybridized carbons (Fsp3) is 0.542. The van der Waals surface area contributed by atoms with Crippen molar-refractivity contribution in [1.82, 2.24) is 5.32 Å². The third-order valence-corrected chi connectivity index (χ3v) is 5.73. The van der Waals surface area contributed by atoms with Crippen LogP contribution in [0.3, 0.4) is 0 Å². The van der Waals surface area contributed by atoms with Crippen LogP contribution in [0.4, 0.5) is 0 Å². The number of fused-ring (bicyclic) bond motifs is 3. The highest BCUT2D eigenvalue weighted by Crippen LogP contribution is 2.40. The molecule has 1 aromatic heterocycles. The second-order valence-corrected chi connectivity index (χ2v) is 7.85. The topological polar surface area (TPSA) is 51.5 Å². The first-order valence-electron chi connectivity index (χ1n) is 10.6. The van der Waals surface area contributed by atoms with Gasteiger partial charge >= 0.3 is 0 Å². The Morgan fingerprint density at radius 3 is 2.79 bits per heavy atom. The zero-order valence-electron chi connectivity index (χ0n) is 17.7. The summed E-state index contributed by atoms with van der Waals surface area (Å²) in [6, 6.07) is 2.15. The highest BCUT2D eigenvalue weighted by molar-refractivity contribution is 5.98. The van der Waals surface area contributed by atoms with Gasteiger partial charge in [0.15, 0.2) is 0 Å². The molecule has 0 fully saturated rings. The number of methoxy groups -OCH3 is 1. The molecule has 0 spiro atoms. The summed E-state index contributed by atoms with van der Waals surface area (Å²) in [5.74, 6) is 1.88. The number of carbonyl (C=O) groups excluding carboxylic acids is 1. The van der Waals surface area contributed by atoms with Crippen LogP contribution in [-0.2, 0) is 17.6 Å². The summed E-state index contributed by atoms with van der Waals surface area (Å²) in [6.07, 6.45) is 10.8. The predicted octanol–water partition coefficient (Wildman–Crippen LogP) is 5.73. The Labute approximate surface area is 168 Å². The lowest BCUT2D eigenvalue weighted by Gasteiger charge is -2.13. The number of amides is 1. The van der Waals surface area contributed by atoms with E-state index < -0.39 is 0 Å². The minimum atomic E-state index is -0.0389. The van der Waals surface area contributed by atoms with Crippen molar-refractivity contribution < 1.29 is 13.9 Å². The maximum atomic E-state index is 12.3. The molecule has 3 rings (SSSR count). The molecule has 0 aliphatic heterocycles. The van der Waals surface area contributed by atoms with E-state index in [1.807, 2.05) is 13.8 Å². The van der Waals surface area contributed by atoms with Gasteiger partial charge in [0.2, 0.25) is 5.91 Å². The summed E-state index contributed by atoms with van der Waals surface area (Å²) in [6.45, 7) is 6.94. The second kappa shape index (κ2) is 9.31. The van der Waals surface area contributed by atoms with Crippen molar-refractivity contribution in [1.29, 1.82) is 0 Å². The molecule has 1 aliphatic rings. The molecule has 0 saturated heterocycles. The Hall–Kier alpha value is -2.23. The molecule has 152 valence electrons. The van der Waals surface area contributed by atoms with Crippen molar-refractivity contribution >= 4 is 22.4 Å². The van der Waals surface area contributed by atoms with E-state index in [0.29, 0.717) is 0 Å². The number of rotatable bonds is 8. The van der Waals surface area contributed by atoms with Crippen LogP contribution in [0.15, 0.2) is 16.6 Å². The lowest BCUT2D eigenvalue weighted by Crippen LogP contribution is -2.22. The van der Waals surface area contributed by atoms with Crippen molar-refractivity contribution in [3.05, 3.63) is 34.6 Å². The third-order valence-electron chi connectivity index (χ3n) is 5.73. The minimum Gasteiger partial charge on any atom is -0.496 e. The SMILES string of the molecule is CCCCCCNC(=O)/C=C(\C)c1cc2c3c(oc2c(C)c1OC)CCCC3. The predicted molar refractivity (Wildman–Crippen MR) is 115 cm³/mol. The molecule has 4 nitrogen and oxygen atoms in total. The Bertz CT molecular complexity index is 876. The summed E-state index contributed by atoms with van der Waals surface area (Å²) in [7, 11) is 1.68. The highest BCUT2D eigenvalue weighted by atomic mass is 16.5. The molecule has 28 heavy (non-hydrogen) atoms. The number of carbonyl (C=O) groups is 1. The maximum Gasteiger partial charge on any atom is 0.244 e. The van der Waals surface area contributed by atoms with Crippen LogP contribution < -0.4 is 10.1 Å². The van der Waals surface area contributed by atoms with Crippen LogP contribution in [-0.4, -0.2) is 19.6 Å². The molecule has 4 heteroatoms. The standard InChI is InChI=1S/C24H33NO3/c1-5-6-7-10-13-25-22(26)14-16(2)19-15-20-18-11-8-9-12-21(18)28-24(20)17(3)23(19)27-4/h14-15H,5-13H2,1-4H3,(H,25,26)/b16-14+. The Morgan fingerprint density at radius 1 is 1.25 bits per heavy atom. The van der Waals surface area contributed by atoms with Gasteiger partial charge in [-0.15, -0.1) is 0 Å². The van der Waals surface area contributed by atoms with Crippen LogP contribution in [0.2, 0.25) is 0 Å². The van der Waals surface area contributed by atoms with Crippen molar-refractivity contribution in [2.24, 2.45) is 0 Å². The molecule has 0 atom stereocenters. The van der Waals surface area contributed by atoms with E-state index in [1.54, 1.807) is 13.2 Å². The molecule has 1 heterocycles. The molecule has 0 saturated carbocycles. The molecule has 0 unspecified atom stereocenters. The molecule has 0 radical (unpaired) electrons. The summed E-state index contributed by atoms with van der Waals surface area (Å²) in [5.41, 5.74) is 5.17. The monoisotopic (exact) mass is 383 g/mol.